The van der Waals surface area contributed by atoms with Gasteiger partial charge in [0.2, 0.25) is 0 Å². The first-order chi connectivity index (χ1) is 9.27. The van der Waals surface area contributed by atoms with Crippen LogP contribution in [-0.4, -0.2) is 18.7 Å². The van der Waals surface area contributed by atoms with Crippen molar-refractivity contribution in [2.75, 3.05) is 18.1 Å². The van der Waals surface area contributed by atoms with Gasteiger partial charge in [0.1, 0.15) is 5.56 Å². The number of hydrogen-bond acceptors (Lipinski definition) is 2. The van der Waals surface area contributed by atoms with Gasteiger partial charge in [-0.25, -0.2) is 0 Å². The Balaban J connectivity index is 2.14. The second-order valence-electron chi connectivity index (χ2n) is 4.24. The summed E-state index contributed by atoms with van der Waals surface area (Å²) < 4.78 is 5.44. The molecule has 2 nitrogen and oxygen atoms in total. The van der Waals surface area contributed by atoms with Crippen molar-refractivity contribution in [3.63, 3.8) is 0 Å². The van der Waals surface area contributed by atoms with Crippen molar-refractivity contribution in [3.8, 4) is 0 Å². The van der Waals surface area contributed by atoms with Gasteiger partial charge in [-0.05, 0) is 31.2 Å². The van der Waals surface area contributed by atoms with E-state index in [0.29, 0.717) is 6.61 Å². The Labute approximate surface area is 119 Å². The highest BCUT2D eigenvalue weighted by atomic mass is 35.5. The van der Waals surface area contributed by atoms with E-state index in [2.05, 4.69) is 29.2 Å². The number of alkyl halides is 1. The quantitative estimate of drug-likeness (QED) is 0.723. The number of ether oxygens (including phenoxy) is 1. The fourth-order valence-corrected chi connectivity index (χ4v) is 2.02. The molecule has 0 saturated heterocycles. The minimum Gasteiger partial charge on any atom is -0.361 e. The molecule has 0 aliphatic rings. The van der Waals surface area contributed by atoms with Crippen LogP contribution in [0.5, 0.6) is 0 Å². The summed E-state index contributed by atoms with van der Waals surface area (Å²) in [5.74, 6) is 0. The Morgan fingerprint density at radius 2 is 1.42 bits per heavy atom. The molecule has 0 aliphatic heterocycles. The minimum atomic E-state index is -0.256. The summed E-state index contributed by atoms with van der Waals surface area (Å²) in [6, 6.07) is 20.6. The van der Waals surface area contributed by atoms with Gasteiger partial charge in [0.05, 0.1) is 6.61 Å². The van der Waals surface area contributed by atoms with Gasteiger partial charge in [-0.2, -0.15) is 0 Å². The summed E-state index contributed by atoms with van der Waals surface area (Å²) >= 11 is 5.81. The monoisotopic (exact) mass is 275 g/mol. The fraction of sp³-hybridized carbons (Fsp3) is 0.250. The zero-order valence-electron chi connectivity index (χ0n) is 11.0. The molecule has 3 heteroatoms. The Hall–Kier alpha value is -1.51. The first kappa shape index (κ1) is 13.9. The Morgan fingerprint density at radius 3 is 1.84 bits per heavy atom. The van der Waals surface area contributed by atoms with E-state index in [1.807, 2.05) is 43.3 Å². The SMILES string of the molecule is CC(Cl)OCCN(c1ccccc1)c1ccccc1. The summed E-state index contributed by atoms with van der Waals surface area (Å²) in [5, 5.41) is 0. The van der Waals surface area contributed by atoms with Crippen LogP contribution in [0.25, 0.3) is 0 Å². The molecule has 2 aromatic rings. The zero-order valence-corrected chi connectivity index (χ0v) is 11.8. The van der Waals surface area contributed by atoms with E-state index in [-0.39, 0.29) is 5.56 Å². The molecular formula is C16H18ClNO. The summed E-state index contributed by atoms with van der Waals surface area (Å²) in [7, 11) is 0. The molecule has 1 atom stereocenters. The molecule has 0 radical (unpaired) electrons. The van der Waals surface area contributed by atoms with Gasteiger partial charge >= 0.3 is 0 Å². The van der Waals surface area contributed by atoms with Crippen molar-refractivity contribution in [2.24, 2.45) is 0 Å². The maximum atomic E-state index is 5.81. The number of hydrogen-bond donors (Lipinski definition) is 0. The van der Waals surface area contributed by atoms with Crippen molar-refractivity contribution in [1.29, 1.82) is 0 Å². The second kappa shape index (κ2) is 7.17. The van der Waals surface area contributed by atoms with Gasteiger partial charge in [0, 0.05) is 17.9 Å². The van der Waals surface area contributed by atoms with Crippen molar-refractivity contribution in [3.05, 3.63) is 60.7 Å². The molecule has 2 aromatic carbocycles. The molecule has 0 bridgehead atoms. The van der Waals surface area contributed by atoms with Crippen molar-refractivity contribution < 1.29 is 4.74 Å². The lowest BCUT2D eigenvalue weighted by Gasteiger charge is -2.25. The third kappa shape index (κ3) is 4.27. The Kier molecular flexibility index (Phi) is 5.25. The Bertz CT molecular complexity index is 433. The number of benzene rings is 2. The minimum absolute atomic E-state index is 0.256. The number of nitrogens with zero attached hydrogens (tertiary/aromatic N) is 1. The van der Waals surface area contributed by atoms with Gasteiger partial charge in [0.25, 0.3) is 0 Å². The maximum absolute atomic E-state index is 5.81. The van der Waals surface area contributed by atoms with E-state index in [4.69, 9.17) is 16.3 Å². The lowest BCUT2D eigenvalue weighted by molar-refractivity contribution is 0.126. The predicted octanol–water partition coefficient (Wildman–Crippen LogP) is 4.43. The van der Waals surface area contributed by atoms with E-state index in [0.717, 1.165) is 17.9 Å². The van der Waals surface area contributed by atoms with E-state index in [9.17, 15) is 0 Å². The lowest BCUT2D eigenvalue weighted by atomic mass is 10.2. The fourth-order valence-electron chi connectivity index (χ4n) is 1.93. The highest BCUT2D eigenvalue weighted by Crippen LogP contribution is 2.24. The molecule has 0 heterocycles. The van der Waals surface area contributed by atoms with Gasteiger partial charge in [-0.1, -0.05) is 48.0 Å². The number of halogens is 1. The van der Waals surface area contributed by atoms with E-state index in [1.54, 1.807) is 0 Å². The largest absolute Gasteiger partial charge is 0.361 e. The van der Waals surface area contributed by atoms with E-state index >= 15 is 0 Å². The molecule has 100 valence electrons. The molecule has 0 aromatic heterocycles. The maximum Gasteiger partial charge on any atom is 0.128 e. The van der Waals surface area contributed by atoms with Crippen molar-refractivity contribution in [2.45, 2.75) is 12.5 Å². The summed E-state index contributed by atoms with van der Waals surface area (Å²) in [4.78, 5) is 2.22. The topological polar surface area (TPSA) is 12.5 Å². The van der Waals surface area contributed by atoms with Crippen LogP contribution in [0.2, 0.25) is 0 Å². The smallest absolute Gasteiger partial charge is 0.128 e. The normalized spacial score (nSPS) is 12.1. The van der Waals surface area contributed by atoms with Crippen LogP contribution in [0, 0.1) is 0 Å². The molecule has 2 rings (SSSR count). The molecule has 1 unspecified atom stereocenters. The molecule has 0 N–H and O–H groups in total. The lowest BCUT2D eigenvalue weighted by Crippen LogP contribution is -2.23. The summed E-state index contributed by atoms with van der Waals surface area (Å²) in [6.07, 6.45) is 0. The van der Waals surface area contributed by atoms with Crippen LogP contribution < -0.4 is 4.90 Å². The third-order valence-corrected chi connectivity index (χ3v) is 2.92. The molecule has 19 heavy (non-hydrogen) atoms. The summed E-state index contributed by atoms with van der Waals surface area (Å²) in [6.45, 7) is 3.19. The first-order valence-corrected chi connectivity index (χ1v) is 6.84. The van der Waals surface area contributed by atoms with Crippen LogP contribution in [0.4, 0.5) is 11.4 Å². The van der Waals surface area contributed by atoms with Gasteiger partial charge in [0.15, 0.2) is 0 Å². The number of para-hydroxylation sites is 2. The van der Waals surface area contributed by atoms with Crippen LogP contribution in [0.3, 0.4) is 0 Å². The zero-order chi connectivity index (χ0) is 13.5. The van der Waals surface area contributed by atoms with E-state index < -0.39 is 0 Å². The summed E-state index contributed by atoms with van der Waals surface area (Å²) in [5.41, 5.74) is 2.05. The van der Waals surface area contributed by atoms with Crippen molar-refractivity contribution >= 4 is 23.0 Å². The second-order valence-corrected chi connectivity index (χ2v) is 4.85. The average molecular weight is 276 g/mol. The van der Waals surface area contributed by atoms with E-state index in [1.165, 1.54) is 0 Å². The van der Waals surface area contributed by atoms with Gasteiger partial charge in [-0.3, -0.25) is 0 Å². The van der Waals surface area contributed by atoms with Gasteiger partial charge in [-0.15, -0.1) is 0 Å². The standard InChI is InChI=1S/C16H18ClNO/c1-14(17)19-13-12-18(15-8-4-2-5-9-15)16-10-6-3-7-11-16/h2-11,14H,12-13H2,1H3. The molecular weight excluding hydrogens is 258 g/mol. The van der Waals surface area contributed by atoms with Gasteiger partial charge < -0.3 is 9.64 Å². The third-order valence-electron chi connectivity index (χ3n) is 2.80. The Morgan fingerprint density at radius 1 is 0.947 bits per heavy atom. The highest BCUT2D eigenvalue weighted by molar-refractivity contribution is 6.19. The van der Waals surface area contributed by atoms with Crippen LogP contribution >= 0.6 is 11.6 Å². The van der Waals surface area contributed by atoms with Crippen LogP contribution in [-0.2, 0) is 4.74 Å². The molecule has 0 saturated carbocycles. The molecule has 0 amide bonds. The number of rotatable bonds is 6. The van der Waals surface area contributed by atoms with Crippen LogP contribution in [0.1, 0.15) is 6.92 Å². The van der Waals surface area contributed by atoms with Crippen LogP contribution in [0.15, 0.2) is 60.7 Å². The average Bonchev–Trinajstić information content (AvgIpc) is 2.45. The molecule has 0 spiro atoms. The molecule has 0 fully saturated rings. The highest BCUT2D eigenvalue weighted by Gasteiger charge is 2.08. The number of anilines is 2. The predicted molar refractivity (Wildman–Crippen MR) is 81.2 cm³/mol. The van der Waals surface area contributed by atoms with Crippen molar-refractivity contribution in [1.82, 2.24) is 0 Å². The molecule has 0 aliphatic carbocycles. The first-order valence-electron chi connectivity index (χ1n) is 6.40.